The lowest BCUT2D eigenvalue weighted by molar-refractivity contribution is -0.111. The molecule has 0 saturated heterocycles. The van der Waals surface area contributed by atoms with Gasteiger partial charge in [-0.25, -0.2) is 13.1 Å². The fourth-order valence-corrected chi connectivity index (χ4v) is 3.50. The lowest BCUT2D eigenvalue weighted by Crippen LogP contribution is -2.25. The molecule has 2 aromatic rings. The van der Waals surface area contributed by atoms with Crippen molar-refractivity contribution in [3.05, 3.63) is 66.2 Å². The molecule has 1 aliphatic carbocycles. The second-order valence-electron chi connectivity index (χ2n) is 5.66. The van der Waals surface area contributed by atoms with Gasteiger partial charge in [-0.1, -0.05) is 36.4 Å². The van der Waals surface area contributed by atoms with E-state index in [1.807, 2.05) is 30.3 Å². The molecule has 0 aromatic heterocycles. The van der Waals surface area contributed by atoms with Crippen LogP contribution in [0.5, 0.6) is 0 Å². The highest BCUT2D eigenvalue weighted by atomic mass is 32.2. The van der Waals surface area contributed by atoms with Gasteiger partial charge in [-0.2, -0.15) is 0 Å². The van der Waals surface area contributed by atoms with Crippen molar-refractivity contribution in [3.8, 4) is 0 Å². The Balaban J connectivity index is 1.68. The van der Waals surface area contributed by atoms with E-state index < -0.39 is 10.0 Å². The monoisotopic (exact) mass is 342 g/mol. The fourth-order valence-electron chi connectivity index (χ4n) is 2.15. The van der Waals surface area contributed by atoms with E-state index in [9.17, 15) is 13.2 Å². The molecule has 2 N–H and O–H groups in total. The van der Waals surface area contributed by atoms with Crippen LogP contribution >= 0.6 is 0 Å². The van der Waals surface area contributed by atoms with Gasteiger partial charge in [0, 0.05) is 17.8 Å². The molecule has 0 atom stereocenters. The van der Waals surface area contributed by atoms with Crippen LogP contribution < -0.4 is 10.0 Å². The summed E-state index contributed by atoms with van der Waals surface area (Å²) in [5, 5.41) is 2.68. The van der Waals surface area contributed by atoms with Gasteiger partial charge in [-0.05, 0) is 42.7 Å². The lowest BCUT2D eigenvalue weighted by Gasteiger charge is -2.08. The van der Waals surface area contributed by atoms with Crippen LogP contribution in [0.2, 0.25) is 0 Å². The third kappa shape index (κ3) is 4.53. The highest BCUT2D eigenvalue weighted by molar-refractivity contribution is 7.89. The Kier molecular flexibility index (Phi) is 4.78. The van der Waals surface area contributed by atoms with Crippen molar-refractivity contribution in [2.24, 2.45) is 0 Å². The van der Waals surface area contributed by atoms with E-state index in [2.05, 4.69) is 10.0 Å². The van der Waals surface area contributed by atoms with Crippen molar-refractivity contribution in [3.63, 3.8) is 0 Å². The Morgan fingerprint density at radius 1 is 1.04 bits per heavy atom. The standard InChI is InChI=1S/C18H18N2O3S/c21-18(12-9-14-5-2-1-3-6-14)19-16-7-4-8-17(13-16)24(22,23)20-15-10-11-15/h1-9,12-13,15,20H,10-11H2,(H,19,21)/b12-9+. The quantitative estimate of drug-likeness (QED) is 0.793. The number of carbonyl (C=O) groups is 1. The normalized spacial score (nSPS) is 14.7. The minimum atomic E-state index is -3.53. The molecule has 0 unspecified atom stereocenters. The second-order valence-corrected chi connectivity index (χ2v) is 7.37. The Hall–Kier alpha value is -2.44. The molecule has 1 amide bonds. The van der Waals surface area contributed by atoms with E-state index in [1.54, 1.807) is 18.2 Å². The molecule has 1 aliphatic rings. The van der Waals surface area contributed by atoms with Gasteiger partial charge < -0.3 is 5.32 Å². The molecule has 24 heavy (non-hydrogen) atoms. The minimum Gasteiger partial charge on any atom is -0.322 e. The maximum Gasteiger partial charge on any atom is 0.248 e. The summed E-state index contributed by atoms with van der Waals surface area (Å²) >= 11 is 0. The molecule has 0 aliphatic heterocycles. The number of benzene rings is 2. The van der Waals surface area contributed by atoms with E-state index in [-0.39, 0.29) is 16.8 Å². The molecule has 0 spiro atoms. The van der Waals surface area contributed by atoms with E-state index in [0.717, 1.165) is 18.4 Å². The second kappa shape index (κ2) is 6.98. The van der Waals surface area contributed by atoms with Crippen molar-refractivity contribution in [1.29, 1.82) is 0 Å². The first-order valence-corrected chi connectivity index (χ1v) is 9.18. The molecule has 0 bridgehead atoms. The molecule has 3 rings (SSSR count). The Morgan fingerprint density at radius 2 is 1.79 bits per heavy atom. The van der Waals surface area contributed by atoms with Crippen LogP contribution in [0, 0.1) is 0 Å². The molecule has 0 heterocycles. The summed E-state index contributed by atoms with van der Waals surface area (Å²) < 4.78 is 27.0. The largest absolute Gasteiger partial charge is 0.322 e. The van der Waals surface area contributed by atoms with Crippen molar-refractivity contribution in [1.82, 2.24) is 4.72 Å². The van der Waals surface area contributed by atoms with Crippen molar-refractivity contribution < 1.29 is 13.2 Å². The van der Waals surface area contributed by atoms with Gasteiger partial charge in [-0.3, -0.25) is 4.79 Å². The summed E-state index contributed by atoms with van der Waals surface area (Å²) in [6, 6.07) is 15.7. The molecule has 1 fully saturated rings. The third-order valence-electron chi connectivity index (χ3n) is 3.54. The molecular formula is C18H18N2O3S. The van der Waals surface area contributed by atoms with Gasteiger partial charge in [0.2, 0.25) is 15.9 Å². The topological polar surface area (TPSA) is 75.3 Å². The van der Waals surface area contributed by atoms with Crippen molar-refractivity contribution >= 4 is 27.7 Å². The van der Waals surface area contributed by atoms with Gasteiger partial charge in [0.15, 0.2) is 0 Å². The van der Waals surface area contributed by atoms with Crippen molar-refractivity contribution in [2.75, 3.05) is 5.32 Å². The smallest absolute Gasteiger partial charge is 0.248 e. The first-order valence-electron chi connectivity index (χ1n) is 7.69. The molecule has 5 nitrogen and oxygen atoms in total. The SMILES string of the molecule is O=C(/C=C/c1ccccc1)Nc1cccc(S(=O)(=O)NC2CC2)c1. The average molecular weight is 342 g/mol. The Labute approximate surface area is 141 Å². The summed E-state index contributed by atoms with van der Waals surface area (Å²) in [5.74, 6) is -0.316. The highest BCUT2D eigenvalue weighted by Crippen LogP contribution is 2.23. The number of carbonyl (C=O) groups excluding carboxylic acids is 1. The zero-order valence-electron chi connectivity index (χ0n) is 13.0. The average Bonchev–Trinajstić information content (AvgIpc) is 3.37. The Bertz CT molecular complexity index is 857. The fraction of sp³-hybridized carbons (Fsp3) is 0.167. The Morgan fingerprint density at radius 3 is 2.50 bits per heavy atom. The number of amides is 1. The summed E-state index contributed by atoms with van der Waals surface area (Å²) in [7, 11) is -3.53. The van der Waals surface area contributed by atoms with E-state index in [1.165, 1.54) is 18.2 Å². The zero-order valence-corrected chi connectivity index (χ0v) is 13.8. The van der Waals surface area contributed by atoms with E-state index >= 15 is 0 Å². The van der Waals surface area contributed by atoms with Crippen LogP contribution in [0.3, 0.4) is 0 Å². The van der Waals surface area contributed by atoms with Gasteiger partial charge >= 0.3 is 0 Å². The lowest BCUT2D eigenvalue weighted by atomic mass is 10.2. The zero-order chi connectivity index (χ0) is 17.0. The minimum absolute atomic E-state index is 0.0436. The van der Waals surface area contributed by atoms with Gasteiger partial charge in [0.05, 0.1) is 4.90 Å². The van der Waals surface area contributed by atoms with E-state index in [0.29, 0.717) is 5.69 Å². The maximum absolute atomic E-state index is 12.2. The molecule has 2 aromatic carbocycles. The predicted octanol–water partition coefficient (Wildman–Crippen LogP) is 2.78. The van der Waals surface area contributed by atoms with E-state index in [4.69, 9.17) is 0 Å². The summed E-state index contributed by atoms with van der Waals surface area (Å²) in [5.41, 5.74) is 1.36. The van der Waals surface area contributed by atoms with Gasteiger partial charge in [0.25, 0.3) is 0 Å². The molecular weight excluding hydrogens is 324 g/mol. The highest BCUT2D eigenvalue weighted by Gasteiger charge is 2.28. The predicted molar refractivity (Wildman–Crippen MR) is 93.9 cm³/mol. The molecule has 124 valence electrons. The van der Waals surface area contributed by atoms with Crippen LogP contribution in [-0.4, -0.2) is 20.4 Å². The number of sulfonamides is 1. The van der Waals surface area contributed by atoms with Gasteiger partial charge in [0.1, 0.15) is 0 Å². The van der Waals surface area contributed by atoms with Crippen LogP contribution in [0.25, 0.3) is 6.08 Å². The maximum atomic E-state index is 12.2. The first kappa shape index (κ1) is 16.4. The number of hydrogen-bond acceptors (Lipinski definition) is 3. The molecule has 6 heteroatoms. The van der Waals surface area contributed by atoms with Gasteiger partial charge in [-0.15, -0.1) is 0 Å². The third-order valence-corrected chi connectivity index (χ3v) is 5.06. The van der Waals surface area contributed by atoms with Crippen LogP contribution in [0.1, 0.15) is 18.4 Å². The number of anilines is 1. The van der Waals surface area contributed by atoms with Crippen LogP contribution in [0.4, 0.5) is 5.69 Å². The van der Waals surface area contributed by atoms with Crippen LogP contribution in [-0.2, 0) is 14.8 Å². The summed E-state index contributed by atoms with van der Waals surface area (Å²) in [6.07, 6.45) is 4.86. The molecule has 1 saturated carbocycles. The molecule has 0 radical (unpaired) electrons. The number of nitrogens with one attached hydrogen (secondary N) is 2. The van der Waals surface area contributed by atoms with Crippen LogP contribution in [0.15, 0.2) is 65.6 Å². The summed E-state index contributed by atoms with van der Waals surface area (Å²) in [4.78, 5) is 12.1. The summed E-state index contributed by atoms with van der Waals surface area (Å²) in [6.45, 7) is 0. The van der Waals surface area contributed by atoms with Crippen molar-refractivity contribution in [2.45, 2.75) is 23.8 Å². The number of hydrogen-bond donors (Lipinski definition) is 2. The number of rotatable bonds is 6. The first-order chi connectivity index (χ1) is 11.5.